The standard InChI is InChI=1S/2C7H8O.C4H8O.2K/c2*1-6-4-2-3-5-7(6)8;1-2-4-5-3-1;;/h2*2-5,8H,1H3;1-4H2;;/q;;;2*+1/p-2. The van der Waals surface area contributed by atoms with E-state index in [1.54, 1.807) is 24.3 Å². The van der Waals surface area contributed by atoms with E-state index in [0.717, 1.165) is 24.3 Å². The zero-order valence-corrected chi connectivity index (χ0v) is 20.9. The molecule has 114 valence electrons. The zero-order valence-electron chi connectivity index (χ0n) is 14.7. The van der Waals surface area contributed by atoms with Crippen LogP contribution in [0.25, 0.3) is 0 Å². The number of para-hydroxylation sites is 2. The average Bonchev–Trinajstić information content (AvgIpc) is 3.06. The second-order valence-corrected chi connectivity index (χ2v) is 4.85. The summed E-state index contributed by atoms with van der Waals surface area (Å²) in [6.45, 7) is 5.62. The molecule has 0 N–H and O–H groups in total. The first-order chi connectivity index (χ1) is 10.1. The third kappa shape index (κ3) is 13.2. The maximum Gasteiger partial charge on any atom is 1.00 e. The Morgan fingerprint density at radius 3 is 1.22 bits per heavy atom. The summed E-state index contributed by atoms with van der Waals surface area (Å²) < 4.78 is 4.94. The van der Waals surface area contributed by atoms with Gasteiger partial charge in [0.2, 0.25) is 0 Å². The van der Waals surface area contributed by atoms with Crippen molar-refractivity contribution in [1.82, 2.24) is 0 Å². The summed E-state index contributed by atoms with van der Waals surface area (Å²) in [5.74, 6) is 0.236. The van der Waals surface area contributed by atoms with Crippen LogP contribution in [-0.4, -0.2) is 13.2 Å². The van der Waals surface area contributed by atoms with Gasteiger partial charge in [-0.1, -0.05) is 59.7 Å². The van der Waals surface area contributed by atoms with Crippen molar-refractivity contribution in [3.8, 4) is 11.5 Å². The van der Waals surface area contributed by atoms with Crippen LogP contribution < -0.4 is 113 Å². The van der Waals surface area contributed by atoms with E-state index in [0.29, 0.717) is 0 Å². The van der Waals surface area contributed by atoms with Crippen molar-refractivity contribution < 1.29 is 118 Å². The van der Waals surface area contributed by atoms with Crippen molar-refractivity contribution in [2.75, 3.05) is 13.2 Å². The van der Waals surface area contributed by atoms with Crippen LogP contribution in [-0.2, 0) is 4.74 Å². The van der Waals surface area contributed by atoms with Gasteiger partial charge < -0.3 is 14.9 Å². The SMILES string of the molecule is C1CCOC1.Cc1ccccc1[O-].Cc1ccccc1[O-].[K+].[K+]. The van der Waals surface area contributed by atoms with E-state index in [4.69, 9.17) is 4.74 Å². The Morgan fingerprint density at radius 1 is 0.696 bits per heavy atom. The summed E-state index contributed by atoms with van der Waals surface area (Å²) >= 11 is 0. The number of rotatable bonds is 0. The van der Waals surface area contributed by atoms with Crippen molar-refractivity contribution in [2.45, 2.75) is 26.7 Å². The van der Waals surface area contributed by atoms with Crippen molar-refractivity contribution in [3.05, 3.63) is 59.7 Å². The molecular weight excluding hydrogens is 342 g/mol. The van der Waals surface area contributed by atoms with Crippen LogP contribution in [0.5, 0.6) is 11.5 Å². The third-order valence-corrected chi connectivity index (χ3v) is 3.01. The predicted molar refractivity (Wildman–Crippen MR) is 81.3 cm³/mol. The maximum absolute atomic E-state index is 10.6. The predicted octanol–water partition coefficient (Wildman–Crippen LogP) is -3.06. The van der Waals surface area contributed by atoms with Crippen molar-refractivity contribution in [1.29, 1.82) is 0 Å². The van der Waals surface area contributed by atoms with E-state index in [1.165, 1.54) is 12.8 Å². The van der Waals surface area contributed by atoms with Crippen molar-refractivity contribution in [2.24, 2.45) is 0 Å². The summed E-state index contributed by atoms with van der Waals surface area (Å²) in [6, 6.07) is 14.0. The fourth-order valence-corrected chi connectivity index (χ4v) is 1.62. The van der Waals surface area contributed by atoms with E-state index in [2.05, 4.69) is 0 Å². The molecule has 3 rings (SSSR count). The molecule has 3 nitrogen and oxygen atoms in total. The Balaban J connectivity index is 0. The zero-order chi connectivity index (χ0) is 15.5. The minimum atomic E-state index is 0. The smallest absolute Gasteiger partial charge is 0.872 e. The molecule has 0 amide bonds. The second kappa shape index (κ2) is 16.7. The molecule has 1 aliphatic heterocycles. The largest absolute Gasteiger partial charge is 1.00 e. The topological polar surface area (TPSA) is 55.3 Å². The van der Waals surface area contributed by atoms with E-state index < -0.39 is 0 Å². The van der Waals surface area contributed by atoms with Gasteiger partial charge in [0.15, 0.2) is 0 Å². The van der Waals surface area contributed by atoms with Gasteiger partial charge in [-0.05, 0) is 26.7 Å². The van der Waals surface area contributed by atoms with Crippen LogP contribution in [0.2, 0.25) is 0 Å². The molecule has 2 aromatic rings. The molecule has 1 fully saturated rings. The molecule has 0 aromatic heterocycles. The van der Waals surface area contributed by atoms with Gasteiger partial charge in [-0.25, -0.2) is 0 Å². The summed E-state index contributed by atoms with van der Waals surface area (Å²) in [5, 5.41) is 21.2. The van der Waals surface area contributed by atoms with Crippen LogP contribution in [0.3, 0.4) is 0 Å². The molecule has 0 unspecified atom stereocenters. The molecule has 0 spiro atoms. The van der Waals surface area contributed by atoms with Crippen LogP contribution in [0, 0.1) is 13.8 Å². The van der Waals surface area contributed by atoms with E-state index >= 15 is 0 Å². The Kier molecular flexibility index (Phi) is 19.3. The first-order valence-electron chi connectivity index (χ1n) is 7.14. The first-order valence-corrected chi connectivity index (χ1v) is 7.14. The molecule has 0 radical (unpaired) electrons. The van der Waals surface area contributed by atoms with E-state index in [1.807, 2.05) is 38.1 Å². The summed E-state index contributed by atoms with van der Waals surface area (Å²) in [4.78, 5) is 0. The molecule has 0 aliphatic carbocycles. The van der Waals surface area contributed by atoms with Gasteiger partial charge in [0, 0.05) is 13.2 Å². The van der Waals surface area contributed by atoms with Crippen molar-refractivity contribution in [3.63, 3.8) is 0 Å². The summed E-state index contributed by atoms with van der Waals surface area (Å²) in [7, 11) is 0. The van der Waals surface area contributed by atoms with Crippen LogP contribution >= 0.6 is 0 Å². The molecule has 1 saturated heterocycles. The van der Waals surface area contributed by atoms with E-state index in [-0.39, 0.29) is 114 Å². The minimum absolute atomic E-state index is 0. The number of hydrogen-bond acceptors (Lipinski definition) is 3. The normalized spacial score (nSPS) is 11.6. The number of ether oxygens (including phenoxy) is 1. The molecule has 0 bridgehead atoms. The van der Waals surface area contributed by atoms with Crippen LogP contribution in [0.1, 0.15) is 24.0 Å². The molecule has 0 atom stereocenters. The summed E-state index contributed by atoms with van der Waals surface area (Å²) in [6.07, 6.45) is 2.56. The quantitative estimate of drug-likeness (QED) is 0.467. The average molecular weight is 365 g/mol. The van der Waals surface area contributed by atoms with Crippen molar-refractivity contribution >= 4 is 0 Å². The van der Waals surface area contributed by atoms with E-state index in [9.17, 15) is 10.2 Å². The van der Waals surface area contributed by atoms with Gasteiger partial charge in [-0.3, -0.25) is 0 Å². The van der Waals surface area contributed by atoms with Gasteiger partial charge in [-0.2, -0.15) is 0 Å². The molecule has 5 heteroatoms. The molecular formula is C18H22K2O3. The van der Waals surface area contributed by atoms with Gasteiger partial charge in [0.1, 0.15) is 0 Å². The fraction of sp³-hybridized carbons (Fsp3) is 0.333. The molecule has 23 heavy (non-hydrogen) atoms. The molecule has 1 heterocycles. The minimum Gasteiger partial charge on any atom is -0.872 e. The number of aryl methyl sites for hydroxylation is 2. The molecule has 1 aliphatic rings. The van der Waals surface area contributed by atoms with Crippen LogP contribution in [0.15, 0.2) is 48.5 Å². The Labute approximate surface area is 224 Å². The Bertz CT molecular complexity index is 436. The molecule has 0 saturated carbocycles. The third-order valence-electron chi connectivity index (χ3n) is 3.01. The first kappa shape index (κ1) is 26.5. The van der Waals surface area contributed by atoms with Gasteiger partial charge in [-0.15, -0.1) is 11.5 Å². The van der Waals surface area contributed by atoms with Gasteiger partial charge in [0.25, 0.3) is 0 Å². The Morgan fingerprint density at radius 2 is 1.04 bits per heavy atom. The van der Waals surface area contributed by atoms with Gasteiger partial charge in [0.05, 0.1) is 0 Å². The second-order valence-electron chi connectivity index (χ2n) is 4.85. The summed E-state index contributed by atoms with van der Waals surface area (Å²) in [5.41, 5.74) is 1.63. The monoisotopic (exact) mass is 364 g/mol. The number of hydrogen-bond donors (Lipinski definition) is 0. The fourth-order valence-electron chi connectivity index (χ4n) is 1.62. The Hall–Kier alpha value is 1.27. The maximum atomic E-state index is 10.6. The number of benzene rings is 2. The van der Waals surface area contributed by atoms with Crippen LogP contribution in [0.4, 0.5) is 0 Å². The van der Waals surface area contributed by atoms with Gasteiger partial charge >= 0.3 is 103 Å². The molecule has 2 aromatic carbocycles.